The minimum absolute atomic E-state index is 0.215. The van der Waals surface area contributed by atoms with E-state index in [9.17, 15) is 4.79 Å². The van der Waals surface area contributed by atoms with Gasteiger partial charge in [0.2, 0.25) is 0 Å². The lowest BCUT2D eigenvalue weighted by molar-refractivity contribution is -0.116. The maximum Gasteiger partial charge on any atom is 0.130 e. The maximum absolute atomic E-state index is 11.1. The molecule has 0 bridgehead atoms. The van der Waals surface area contributed by atoms with Crippen LogP contribution in [0.15, 0.2) is 54.6 Å². The molecule has 0 unspecified atom stereocenters. The number of carbonyl (C=O) groups excluding carboxylic acids is 1. The van der Waals surface area contributed by atoms with Crippen molar-refractivity contribution in [2.45, 2.75) is 19.8 Å². The molecule has 2 rings (SSSR count). The Kier molecular flexibility index (Phi) is 5.33. The molecule has 2 nitrogen and oxygen atoms in total. The fourth-order valence-corrected chi connectivity index (χ4v) is 2.16. The van der Waals surface area contributed by atoms with Crippen LogP contribution >= 0.6 is 0 Å². The van der Waals surface area contributed by atoms with E-state index in [-0.39, 0.29) is 5.78 Å². The molecule has 0 aliphatic heterocycles. The predicted octanol–water partition coefficient (Wildman–Crippen LogP) is 4.35. The van der Waals surface area contributed by atoms with Crippen molar-refractivity contribution in [2.24, 2.45) is 0 Å². The molecule has 0 spiro atoms. The van der Waals surface area contributed by atoms with Gasteiger partial charge in [0.25, 0.3) is 0 Å². The smallest absolute Gasteiger partial charge is 0.130 e. The van der Waals surface area contributed by atoms with Crippen molar-refractivity contribution in [2.75, 3.05) is 7.11 Å². The molecule has 0 heterocycles. The first-order valence-electron chi connectivity index (χ1n) is 7.08. The van der Waals surface area contributed by atoms with Crippen LogP contribution in [0.3, 0.4) is 0 Å². The van der Waals surface area contributed by atoms with Crippen LogP contribution in [0.25, 0.3) is 11.8 Å². The predicted molar refractivity (Wildman–Crippen MR) is 86.8 cm³/mol. The largest absolute Gasteiger partial charge is 0.496 e. The Labute approximate surface area is 126 Å². The van der Waals surface area contributed by atoms with E-state index in [1.165, 1.54) is 0 Å². The van der Waals surface area contributed by atoms with Gasteiger partial charge in [-0.3, -0.25) is 0 Å². The summed E-state index contributed by atoms with van der Waals surface area (Å²) in [5.41, 5.74) is 3.28. The van der Waals surface area contributed by atoms with E-state index in [0.717, 1.165) is 28.9 Å². The zero-order valence-electron chi connectivity index (χ0n) is 12.5. The lowest BCUT2D eigenvalue weighted by Crippen LogP contribution is -1.95. The zero-order chi connectivity index (χ0) is 15.1. The van der Waals surface area contributed by atoms with Gasteiger partial charge in [-0.1, -0.05) is 48.5 Å². The Bertz CT molecular complexity index is 627. The molecular formula is C19H20O2. The highest BCUT2D eigenvalue weighted by Gasteiger charge is 2.04. The Morgan fingerprint density at radius 2 is 1.86 bits per heavy atom. The van der Waals surface area contributed by atoms with Gasteiger partial charge < -0.3 is 9.53 Å². The number of methoxy groups -OCH3 is 1. The van der Waals surface area contributed by atoms with Crippen molar-refractivity contribution >= 4 is 17.6 Å². The quantitative estimate of drug-likeness (QED) is 0.580. The monoisotopic (exact) mass is 280 g/mol. The molecule has 2 aromatic rings. The number of ether oxygens (including phenoxy) is 1. The minimum atomic E-state index is 0.215. The Hall–Kier alpha value is -2.35. The third kappa shape index (κ3) is 4.60. The first-order valence-corrected chi connectivity index (χ1v) is 7.08. The normalized spacial score (nSPS) is 11.2. The number of hydrogen-bond donors (Lipinski definition) is 0. The summed E-state index contributed by atoms with van der Waals surface area (Å²) in [6.07, 6.45) is 3.36. The van der Waals surface area contributed by atoms with Crippen LogP contribution in [0.4, 0.5) is 0 Å². The molecule has 2 heteroatoms. The number of hydrogen-bond acceptors (Lipinski definition) is 2. The summed E-state index contributed by atoms with van der Waals surface area (Å²) in [5.74, 6) is 1.04. The molecule has 2 aromatic carbocycles. The second kappa shape index (κ2) is 7.44. The molecule has 0 aliphatic rings. The minimum Gasteiger partial charge on any atom is -0.496 e. The van der Waals surface area contributed by atoms with Gasteiger partial charge in [-0.2, -0.15) is 0 Å². The van der Waals surface area contributed by atoms with Crippen molar-refractivity contribution in [3.63, 3.8) is 0 Å². The highest BCUT2D eigenvalue weighted by Crippen LogP contribution is 2.20. The third-order valence-electron chi connectivity index (χ3n) is 3.29. The van der Waals surface area contributed by atoms with Crippen LogP contribution in [0.5, 0.6) is 0 Å². The van der Waals surface area contributed by atoms with E-state index in [2.05, 4.69) is 6.07 Å². The number of rotatable bonds is 6. The van der Waals surface area contributed by atoms with Crippen LogP contribution in [-0.4, -0.2) is 12.9 Å². The molecule has 0 N–H and O–H groups in total. The first-order chi connectivity index (χ1) is 10.2. The molecule has 0 aliphatic carbocycles. The highest BCUT2D eigenvalue weighted by atomic mass is 16.5. The summed E-state index contributed by atoms with van der Waals surface area (Å²) in [4.78, 5) is 11.1. The second-order valence-corrected chi connectivity index (χ2v) is 5.03. The topological polar surface area (TPSA) is 26.3 Å². The fourth-order valence-electron chi connectivity index (χ4n) is 2.16. The summed E-state index contributed by atoms with van der Waals surface area (Å²) in [6, 6.07) is 18.2. The SMILES string of the molecule is COC(=Cc1ccccc1)c1cccc(CCC(C)=O)c1. The van der Waals surface area contributed by atoms with Crippen LogP contribution in [0.1, 0.15) is 30.0 Å². The van der Waals surface area contributed by atoms with Gasteiger partial charge >= 0.3 is 0 Å². The van der Waals surface area contributed by atoms with Gasteiger partial charge in [0.05, 0.1) is 7.11 Å². The number of benzene rings is 2. The molecule has 0 atom stereocenters. The van der Waals surface area contributed by atoms with Gasteiger partial charge in [0.15, 0.2) is 0 Å². The van der Waals surface area contributed by atoms with Crippen molar-refractivity contribution in [1.29, 1.82) is 0 Å². The lowest BCUT2D eigenvalue weighted by Gasteiger charge is -2.09. The molecule has 0 amide bonds. The zero-order valence-corrected chi connectivity index (χ0v) is 12.5. The number of carbonyl (C=O) groups is 1. The van der Waals surface area contributed by atoms with E-state index in [1.54, 1.807) is 14.0 Å². The first kappa shape index (κ1) is 15.0. The van der Waals surface area contributed by atoms with Crippen LogP contribution in [-0.2, 0) is 16.0 Å². The van der Waals surface area contributed by atoms with Gasteiger partial charge in [-0.25, -0.2) is 0 Å². The van der Waals surface area contributed by atoms with Crippen molar-refractivity contribution < 1.29 is 9.53 Å². The highest BCUT2D eigenvalue weighted by molar-refractivity contribution is 5.78. The average molecular weight is 280 g/mol. The van der Waals surface area contributed by atoms with Crippen molar-refractivity contribution in [3.05, 3.63) is 71.3 Å². The number of Topliss-reactive ketones (excluding diaryl/α,β-unsaturated/α-hetero) is 1. The van der Waals surface area contributed by atoms with Gasteiger partial charge in [0, 0.05) is 12.0 Å². The van der Waals surface area contributed by atoms with Crippen LogP contribution in [0, 0.1) is 0 Å². The summed E-state index contributed by atoms with van der Waals surface area (Å²) in [7, 11) is 1.68. The Balaban J connectivity index is 2.24. The molecule has 0 saturated heterocycles. The summed E-state index contributed by atoms with van der Waals surface area (Å²) < 4.78 is 5.52. The summed E-state index contributed by atoms with van der Waals surface area (Å²) >= 11 is 0. The third-order valence-corrected chi connectivity index (χ3v) is 3.29. The molecule has 21 heavy (non-hydrogen) atoms. The number of ketones is 1. The van der Waals surface area contributed by atoms with Gasteiger partial charge in [-0.05, 0) is 36.6 Å². The Morgan fingerprint density at radius 3 is 2.52 bits per heavy atom. The van der Waals surface area contributed by atoms with Gasteiger partial charge in [-0.15, -0.1) is 0 Å². The van der Waals surface area contributed by atoms with E-state index in [1.807, 2.05) is 54.6 Å². The van der Waals surface area contributed by atoms with E-state index < -0.39 is 0 Å². The number of aryl methyl sites for hydroxylation is 1. The average Bonchev–Trinajstić information content (AvgIpc) is 2.52. The van der Waals surface area contributed by atoms with Gasteiger partial charge in [0.1, 0.15) is 11.5 Å². The molecule has 108 valence electrons. The summed E-state index contributed by atoms with van der Waals surface area (Å²) in [5, 5.41) is 0. The van der Waals surface area contributed by atoms with E-state index >= 15 is 0 Å². The lowest BCUT2D eigenvalue weighted by atomic mass is 10.0. The standard InChI is InChI=1S/C19H20O2/c1-15(20)11-12-17-9-6-10-18(13-17)19(21-2)14-16-7-4-3-5-8-16/h3-10,13-14H,11-12H2,1-2H3. The fraction of sp³-hybridized carbons (Fsp3) is 0.211. The summed E-state index contributed by atoms with van der Waals surface area (Å²) in [6.45, 7) is 1.62. The molecule has 0 fully saturated rings. The molecule has 0 saturated carbocycles. The van der Waals surface area contributed by atoms with E-state index in [0.29, 0.717) is 6.42 Å². The van der Waals surface area contributed by atoms with Crippen LogP contribution < -0.4 is 0 Å². The van der Waals surface area contributed by atoms with Crippen LogP contribution in [0.2, 0.25) is 0 Å². The molecular weight excluding hydrogens is 260 g/mol. The van der Waals surface area contributed by atoms with E-state index in [4.69, 9.17) is 4.74 Å². The Morgan fingerprint density at radius 1 is 1.10 bits per heavy atom. The maximum atomic E-state index is 11.1. The van der Waals surface area contributed by atoms with Crippen molar-refractivity contribution in [3.8, 4) is 0 Å². The molecule has 0 aromatic heterocycles. The van der Waals surface area contributed by atoms with Crippen molar-refractivity contribution in [1.82, 2.24) is 0 Å². The molecule has 0 radical (unpaired) electrons. The second-order valence-electron chi connectivity index (χ2n) is 5.03.